The monoisotopic (exact) mass is 244 g/mol. The van der Waals surface area contributed by atoms with Gasteiger partial charge in [-0.1, -0.05) is 5.10 Å². The number of hydrogen-bond donors (Lipinski definition) is 2. The lowest BCUT2D eigenvalue weighted by molar-refractivity contribution is 0.0993. The van der Waals surface area contributed by atoms with Gasteiger partial charge < -0.3 is 4.98 Å². The molecule has 0 aliphatic heterocycles. The van der Waals surface area contributed by atoms with Crippen LogP contribution in [0.15, 0.2) is 18.7 Å². The molecule has 0 unspecified atom stereocenters. The van der Waals surface area contributed by atoms with E-state index in [0.717, 1.165) is 0 Å². The highest BCUT2D eigenvalue weighted by atomic mass is 16.2. The summed E-state index contributed by atoms with van der Waals surface area (Å²) in [5.74, 6) is -0.0661. The fraction of sp³-hybridized carbons (Fsp3) is 0.111. The number of fused-ring (bicyclic) bond motifs is 1. The van der Waals surface area contributed by atoms with Crippen LogP contribution in [0.2, 0.25) is 0 Å². The molecule has 0 fully saturated rings. The first-order chi connectivity index (χ1) is 8.77. The van der Waals surface area contributed by atoms with Crippen molar-refractivity contribution >= 4 is 22.9 Å². The van der Waals surface area contributed by atoms with Crippen LogP contribution in [0.5, 0.6) is 0 Å². The standard InChI is InChI=1S/C9H8N8O/c1-17(9-13-15-16-14-9)8(18)6-3-11-7-5(6)2-10-4-12-7/h2-4H,1H3,(H,10,11,12)(H,13,14,15,16). The Labute approximate surface area is 100 Å². The Morgan fingerprint density at radius 3 is 3.11 bits per heavy atom. The molecule has 90 valence electrons. The Balaban J connectivity index is 2.02. The van der Waals surface area contributed by atoms with E-state index in [1.54, 1.807) is 19.4 Å². The van der Waals surface area contributed by atoms with E-state index in [2.05, 4.69) is 35.6 Å². The van der Waals surface area contributed by atoms with Crippen molar-refractivity contribution < 1.29 is 4.79 Å². The first kappa shape index (κ1) is 10.3. The fourth-order valence-electron chi connectivity index (χ4n) is 1.61. The van der Waals surface area contributed by atoms with E-state index < -0.39 is 0 Å². The van der Waals surface area contributed by atoms with Crippen molar-refractivity contribution in [3.05, 3.63) is 24.3 Å². The number of aromatic nitrogens is 7. The molecule has 0 aliphatic rings. The van der Waals surface area contributed by atoms with Crippen LogP contribution in [0.3, 0.4) is 0 Å². The van der Waals surface area contributed by atoms with Crippen LogP contribution in [0.4, 0.5) is 5.95 Å². The number of aromatic amines is 2. The minimum atomic E-state index is -0.266. The van der Waals surface area contributed by atoms with Crippen LogP contribution < -0.4 is 4.90 Å². The van der Waals surface area contributed by atoms with Crippen LogP contribution in [0.25, 0.3) is 11.0 Å². The number of nitrogens with one attached hydrogen (secondary N) is 2. The first-order valence-electron chi connectivity index (χ1n) is 5.06. The minimum absolute atomic E-state index is 0.200. The Morgan fingerprint density at radius 1 is 1.44 bits per heavy atom. The molecule has 0 radical (unpaired) electrons. The van der Waals surface area contributed by atoms with Crippen LogP contribution in [-0.4, -0.2) is 48.5 Å². The van der Waals surface area contributed by atoms with Gasteiger partial charge in [0.05, 0.1) is 5.56 Å². The topological polar surface area (TPSA) is 116 Å². The van der Waals surface area contributed by atoms with E-state index in [4.69, 9.17) is 0 Å². The maximum Gasteiger partial charge on any atom is 0.272 e. The minimum Gasteiger partial charge on any atom is -0.345 e. The van der Waals surface area contributed by atoms with Gasteiger partial charge in [0.25, 0.3) is 11.9 Å². The third-order valence-corrected chi connectivity index (χ3v) is 2.52. The Bertz CT molecular complexity index is 687. The van der Waals surface area contributed by atoms with Gasteiger partial charge in [0.2, 0.25) is 0 Å². The normalized spacial score (nSPS) is 10.7. The summed E-state index contributed by atoms with van der Waals surface area (Å²) in [5.41, 5.74) is 1.06. The highest BCUT2D eigenvalue weighted by Crippen LogP contribution is 2.17. The van der Waals surface area contributed by atoms with E-state index >= 15 is 0 Å². The molecular formula is C9H8N8O. The number of nitrogens with zero attached hydrogens (tertiary/aromatic N) is 6. The average Bonchev–Trinajstić information content (AvgIpc) is 3.06. The summed E-state index contributed by atoms with van der Waals surface area (Å²) in [6.45, 7) is 0. The maximum atomic E-state index is 12.2. The molecule has 3 aromatic rings. The van der Waals surface area contributed by atoms with Crippen molar-refractivity contribution in [2.24, 2.45) is 0 Å². The van der Waals surface area contributed by atoms with Gasteiger partial charge in [-0.25, -0.2) is 9.97 Å². The lowest BCUT2D eigenvalue weighted by Crippen LogP contribution is -2.27. The number of anilines is 1. The molecule has 0 spiro atoms. The average molecular weight is 244 g/mol. The van der Waals surface area contributed by atoms with E-state index in [0.29, 0.717) is 16.6 Å². The number of rotatable bonds is 2. The van der Waals surface area contributed by atoms with Crippen LogP contribution in [0, 0.1) is 0 Å². The van der Waals surface area contributed by atoms with Gasteiger partial charge in [-0.3, -0.25) is 9.69 Å². The zero-order chi connectivity index (χ0) is 12.5. The van der Waals surface area contributed by atoms with Gasteiger partial charge in [0, 0.05) is 24.8 Å². The number of H-pyrrole nitrogens is 2. The lowest BCUT2D eigenvalue weighted by atomic mass is 10.2. The van der Waals surface area contributed by atoms with Crippen molar-refractivity contribution in [1.82, 2.24) is 35.6 Å². The molecule has 18 heavy (non-hydrogen) atoms. The van der Waals surface area contributed by atoms with E-state index in [-0.39, 0.29) is 11.9 Å². The summed E-state index contributed by atoms with van der Waals surface area (Å²) in [6.07, 6.45) is 4.57. The molecule has 3 heterocycles. The fourth-order valence-corrected chi connectivity index (χ4v) is 1.61. The number of amides is 1. The van der Waals surface area contributed by atoms with Gasteiger partial charge in [-0.05, 0) is 5.21 Å². The molecule has 0 saturated carbocycles. The molecule has 3 aromatic heterocycles. The van der Waals surface area contributed by atoms with Crippen LogP contribution in [0.1, 0.15) is 10.4 Å². The smallest absolute Gasteiger partial charge is 0.272 e. The number of carbonyl (C=O) groups is 1. The van der Waals surface area contributed by atoms with Crippen LogP contribution in [-0.2, 0) is 0 Å². The Kier molecular flexibility index (Phi) is 2.22. The molecule has 0 aromatic carbocycles. The summed E-state index contributed by atoms with van der Waals surface area (Å²) in [5, 5.41) is 13.8. The van der Waals surface area contributed by atoms with Crippen molar-refractivity contribution in [2.45, 2.75) is 0 Å². The van der Waals surface area contributed by atoms with Crippen molar-refractivity contribution in [1.29, 1.82) is 0 Å². The Hall–Kier alpha value is -2.84. The van der Waals surface area contributed by atoms with E-state index in [1.165, 1.54) is 11.2 Å². The highest BCUT2D eigenvalue weighted by molar-refractivity contribution is 6.12. The number of carbonyl (C=O) groups excluding carboxylic acids is 1. The van der Waals surface area contributed by atoms with Crippen molar-refractivity contribution in [3.8, 4) is 0 Å². The second-order valence-electron chi connectivity index (χ2n) is 3.56. The highest BCUT2D eigenvalue weighted by Gasteiger charge is 2.20. The molecule has 3 rings (SSSR count). The van der Waals surface area contributed by atoms with Crippen LogP contribution >= 0.6 is 0 Å². The quantitative estimate of drug-likeness (QED) is 0.641. The molecule has 9 nitrogen and oxygen atoms in total. The van der Waals surface area contributed by atoms with Gasteiger partial charge in [0.1, 0.15) is 12.0 Å². The number of hydrogen-bond acceptors (Lipinski definition) is 6. The first-order valence-corrected chi connectivity index (χ1v) is 5.06. The molecular weight excluding hydrogens is 236 g/mol. The Morgan fingerprint density at radius 2 is 2.33 bits per heavy atom. The molecule has 0 bridgehead atoms. The summed E-state index contributed by atoms with van der Waals surface area (Å²) in [4.78, 5) is 24.4. The lowest BCUT2D eigenvalue weighted by Gasteiger charge is -2.10. The van der Waals surface area contributed by atoms with Gasteiger partial charge in [-0.2, -0.15) is 5.21 Å². The summed E-state index contributed by atoms with van der Waals surface area (Å²) in [7, 11) is 1.57. The third-order valence-electron chi connectivity index (χ3n) is 2.52. The predicted molar refractivity (Wildman–Crippen MR) is 60.8 cm³/mol. The third kappa shape index (κ3) is 1.49. The predicted octanol–water partition coefficient (Wildman–Crippen LogP) is -0.252. The largest absolute Gasteiger partial charge is 0.345 e. The summed E-state index contributed by atoms with van der Waals surface area (Å²) < 4.78 is 0. The molecule has 0 atom stereocenters. The second kappa shape index (κ2) is 3.87. The zero-order valence-electron chi connectivity index (χ0n) is 9.32. The molecule has 9 heteroatoms. The van der Waals surface area contributed by atoms with E-state index in [1.807, 2.05) is 0 Å². The summed E-state index contributed by atoms with van der Waals surface area (Å²) in [6, 6.07) is 0. The molecule has 1 amide bonds. The van der Waals surface area contributed by atoms with Crippen molar-refractivity contribution in [3.63, 3.8) is 0 Å². The van der Waals surface area contributed by atoms with Crippen molar-refractivity contribution in [2.75, 3.05) is 11.9 Å². The molecule has 2 N–H and O–H groups in total. The second-order valence-corrected chi connectivity index (χ2v) is 3.56. The SMILES string of the molecule is CN(C(=O)c1c[nH]c2ncncc12)c1nn[nH]n1. The number of tetrazole rings is 1. The van der Waals surface area contributed by atoms with E-state index in [9.17, 15) is 4.79 Å². The van der Waals surface area contributed by atoms with Gasteiger partial charge in [-0.15, -0.1) is 5.10 Å². The van der Waals surface area contributed by atoms with Gasteiger partial charge >= 0.3 is 0 Å². The molecule has 0 aliphatic carbocycles. The zero-order valence-corrected chi connectivity index (χ0v) is 9.32. The maximum absolute atomic E-state index is 12.2. The summed E-state index contributed by atoms with van der Waals surface area (Å²) >= 11 is 0. The molecule has 0 saturated heterocycles. The van der Waals surface area contributed by atoms with Gasteiger partial charge in [0.15, 0.2) is 0 Å².